The van der Waals surface area contributed by atoms with Crippen LogP contribution in [0.1, 0.15) is 74.4 Å². The molecule has 5 heteroatoms. The second kappa shape index (κ2) is 11.3. The molecule has 0 radical (unpaired) electrons. The summed E-state index contributed by atoms with van der Waals surface area (Å²) in [4.78, 5) is 20.4. The molecule has 1 aromatic carbocycles. The van der Waals surface area contributed by atoms with Gasteiger partial charge in [-0.1, -0.05) is 51.3 Å². The normalized spacial score (nSPS) is 15.4. The van der Waals surface area contributed by atoms with Crippen molar-refractivity contribution < 1.29 is 9.53 Å². The topological polar surface area (TPSA) is 54.5 Å². The first kappa shape index (κ1) is 24.1. The Bertz CT molecular complexity index is 873. The minimum Gasteiger partial charge on any atom is -0.495 e. The predicted molar refractivity (Wildman–Crippen MR) is 130 cm³/mol. The molecule has 1 aliphatic rings. The minimum atomic E-state index is -0.0257. The van der Waals surface area contributed by atoms with Crippen molar-refractivity contribution in [3.63, 3.8) is 0 Å². The molecule has 174 valence electrons. The molecule has 1 atom stereocenters. The van der Waals surface area contributed by atoms with E-state index < -0.39 is 0 Å². The van der Waals surface area contributed by atoms with Gasteiger partial charge in [-0.15, -0.1) is 0 Å². The number of nitrogens with zero attached hydrogens (tertiary/aromatic N) is 2. The summed E-state index contributed by atoms with van der Waals surface area (Å²) >= 11 is 0. The van der Waals surface area contributed by atoms with E-state index in [2.05, 4.69) is 51.2 Å². The lowest BCUT2D eigenvalue weighted by Crippen LogP contribution is -2.46. The Morgan fingerprint density at radius 2 is 1.91 bits per heavy atom. The van der Waals surface area contributed by atoms with Crippen molar-refractivity contribution >= 4 is 6.03 Å². The highest BCUT2D eigenvalue weighted by Gasteiger charge is 2.34. The highest BCUT2D eigenvalue weighted by atomic mass is 16.5. The molecule has 5 nitrogen and oxygen atoms in total. The van der Waals surface area contributed by atoms with E-state index in [1.54, 1.807) is 13.3 Å². The number of aryl methyl sites for hydroxylation is 1. The number of hydrogen-bond acceptors (Lipinski definition) is 3. The number of carbonyl (C=O) groups is 1. The van der Waals surface area contributed by atoms with Gasteiger partial charge in [0.25, 0.3) is 0 Å². The molecule has 1 heterocycles. The zero-order chi connectivity index (χ0) is 23.1. The summed E-state index contributed by atoms with van der Waals surface area (Å²) in [6.07, 6.45) is 7.76. The molecule has 1 N–H and O–H groups in total. The molecule has 1 saturated carbocycles. The number of amides is 2. The molecule has 0 aliphatic heterocycles. The third-order valence-corrected chi connectivity index (χ3v) is 6.70. The fourth-order valence-electron chi connectivity index (χ4n) is 4.78. The summed E-state index contributed by atoms with van der Waals surface area (Å²) in [5.41, 5.74) is 4.61. The Balaban J connectivity index is 1.88. The monoisotopic (exact) mass is 437 g/mol. The number of pyridine rings is 1. The highest BCUT2D eigenvalue weighted by Crippen LogP contribution is 2.38. The van der Waals surface area contributed by atoms with Gasteiger partial charge in [-0.2, -0.15) is 0 Å². The Morgan fingerprint density at radius 3 is 2.53 bits per heavy atom. The first-order valence-electron chi connectivity index (χ1n) is 12.0. The molecule has 2 amide bonds. The Hall–Kier alpha value is -2.56. The molecule has 1 unspecified atom stereocenters. The van der Waals surface area contributed by atoms with Crippen LogP contribution in [0.15, 0.2) is 36.5 Å². The van der Waals surface area contributed by atoms with E-state index in [-0.39, 0.29) is 12.1 Å². The third-order valence-electron chi connectivity index (χ3n) is 6.70. The van der Waals surface area contributed by atoms with Gasteiger partial charge in [0, 0.05) is 13.1 Å². The van der Waals surface area contributed by atoms with Crippen LogP contribution < -0.4 is 10.1 Å². The van der Waals surface area contributed by atoms with Crippen molar-refractivity contribution in [3.05, 3.63) is 58.9 Å². The number of urea groups is 1. The first-order chi connectivity index (χ1) is 15.4. The molecular weight excluding hydrogens is 398 g/mol. The van der Waals surface area contributed by atoms with Crippen LogP contribution in [0.25, 0.3) is 0 Å². The number of ether oxygens (including phenoxy) is 1. The number of hydrogen-bond donors (Lipinski definition) is 1. The average molecular weight is 438 g/mol. The molecule has 1 aromatic heterocycles. The zero-order valence-corrected chi connectivity index (χ0v) is 20.4. The van der Waals surface area contributed by atoms with E-state index in [1.807, 2.05) is 17.0 Å². The SMILES string of the molecule is COc1ccc(C(C2CCCCC2)N(CC(C)C)C(=O)NCc2cccc(C)c2C)nc1. The lowest BCUT2D eigenvalue weighted by Gasteiger charge is -2.39. The molecule has 0 bridgehead atoms. The summed E-state index contributed by atoms with van der Waals surface area (Å²) in [7, 11) is 1.65. The van der Waals surface area contributed by atoms with Gasteiger partial charge < -0.3 is 15.0 Å². The van der Waals surface area contributed by atoms with E-state index in [0.29, 0.717) is 24.9 Å². The fraction of sp³-hybridized carbons (Fsp3) is 0.556. The van der Waals surface area contributed by atoms with E-state index in [9.17, 15) is 4.79 Å². The summed E-state index contributed by atoms with van der Waals surface area (Å²) in [5, 5.41) is 3.22. The van der Waals surface area contributed by atoms with Crippen molar-refractivity contribution in [2.45, 2.75) is 72.4 Å². The standard InChI is InChI=1S/C27H39N3O2/c1-19(2)18-30(27(31)29-16-23-13-9-10-20(3)21(23)4)26(22-11-7-6-8-12-22)25-15-14-24(32-5)17-28-25/h9-10,13-15,17,19,22,26H,6-8,11-12,16,18H2,1-5H3,(H,29,31). The van der Waals surface area contributed by atoms with Gasteiger partial charge in [0.05, 0.1) is 25.0 Å². The minimum absolute atomic E-state index is 0.00667. The molecule has 0 spiro atoms. The quantitative estimate of drug-likeness (QED) is 0.535. The number of carbonyl (C=O) groups excluding carboxylic acids is 1. The molecule has 1 aliphatic carbocycles. The maximum Gasteiger partial charge on any atom is 0.318 e. The lowest BCUT2D eigenvalue weighted by atomic mass is 9.81. The van der Waals surface area contributed by atoms with Crippen molar-refractivity contribution in [2.75, 3.05) is 13.7 Å². The lowest BCUT2D eigenvalue weighted by molar-refractivity contribution is 0.118. The van der Waals surface area contributed by atoms with Gasteiger partial charge in [0.2, 0.25) is 0 Å². The van der Waals surface area contributed by atoms with Crippen molar-refractivity contribution in [2.24, 2.45) is 11.8 Å². The summed E-state index contributed by atoms with van der Waals surface area (Å²) in [6.45, 7) is 9.81. The van der Waals surface area contributed by atoms with Gasteiger partial charge >= 0.3 is 6.03 Å². The van der Waals surface area contributed by atoms with Gasteiger partial charge in [0.1, 0.15) is 5.75 Å². The second-order valence-corrected chi connectivity index (χ2v) is 9.53. The highest BCUT2D eigenvalue weighted by molar-refractivity contribution is 5.75. The Kier molecular flexibility index (Phi) is 8.54. The first-order valence-corrected chi connectivity index (χ1v) is 12.0. The molecule has 1 fully saturated rings. The Labute approximate surface area is 193 Å². The van der Waals surface area contributed by atoms with Crippen LogP contribution in [0, 0.1) is 25.7 Å². The van der Waals surface area contributed by atoms with Gasteiger partial charge in [0.15, 0.2) is 0 Å². The number of rotatable bonds is 8. The van der Waals surface area contributed by atoms with Crippen molar-refractivity contribution in [1.82, 2.24) is 15.2 Å². The molecule has 32 heavy (non-hydrogen) atoms. The van der Waals surface area contributed by atoms with E-state index >= 15 is 0 Å². The number of benzene rings is 1. The van der Waals surface area contributed by atoms with Crippen LogP contribution >= 0.6 is 0 Å². The summed E-state index contributed by atoms with van der Waals surface area (Å²) in [6, 6.07) is 10.2. The average Bonchev–Trinajstić information content (AvgIpc) is 2.80. The third kappa shape index (κ3) is 6.02. The van der Waals surface area contributed by atoms with E-state index in [4.69, 9.17) is 9.72 Å². The van der Waals surface area contributed by atoms with Gasteiger partial charge in [-0.05, 0) is 67.3 Å². The van der Waals surface area contributed by atoms with Crippen molar-refractivity contribution in [1.29, 1.82) is 0 Å². The number of aromatic nitrogens is 1. The largest absolute Gasteiger partial charge is 0.495 e. The summed E-state index contributed by atoms with van der Waals surface area (Å²) < 4.78 is 5.32. The van der Waals surface area contributed by atoms with Crippen LogP contribution in [-0.4, -0.2) is 29.6 Å². The molecular formula is C27H39N3O2. The predicted octanol–water partition coefficient (Wildman–Crippen LogP) is 6.20. The second-order valence-electron chi connectivity index (χ2n) is 9.53. The van der Waals surface area contributed by atoms with Crippen molar-refractivity contribution in [3.8, 4) is 5.75 Å². The van der Waals surface area contributed by atoms with Crippen LogP contribution in [0.3, 0.4) is 0 Å². The zero-order valence-electron chi connectivity index (χ0n) is 20.4. The maximum atomic E-state index is 13.6. The fourth-order valence-corrected chi connectivity index (χ4v) is 4.78. The number of nitrogens with one attached hydrogen (secondary N) is 1. The number of methoxy groups -OCH3 is 1. The van der Waals surface area contributed by atoms with E-state index in [0.717, 1.165) is 24.3 Å². The van der Waals surface area contributed by atoms with Crippen LogP contribution in [-0.2, 0) is 6.54 Å². The van der Waals surface area contributed by atoms with Crippen LogP contribution in [0.4, 0.5) is 4.79 Å². The maximum absolute atomic E-state index is 13.6. The molecule has 3 rings (SSSR count). The summed E-state index contributed by atoms with van der Waals surface area (Å²) in [5.74, 6) is 1.53. The smallest absolute Gasteiger partial charge is 0.318 e. The van der Waals surface area contributed by atoms with Gasteiger partial charge in [-0.25, -0.2) is 4.79 Å². The van der Waals surface area contributed by atoms with Crippen LogP contribution in [0.2, 0.25) is 0 Å². The molecule has 0 saturated heterocycles. The van der Waals surface area contributed by atoms with Crippen LogP contribution in [0.5, 0.6) is 5.75 Å². The molecule has 2 aromatic rings. The Morgan fingerprint density at radius 1 is 1.16 bits per heavy atom. The van der Waals surface area contributed by atoms with Gasteiger partial charge in [-0.3, -0.25) is 4.98 Å². The van der Waals surface area contributed by atoms with E-state index in [1.165, 1.54) is 36.0 Å².